The van der Waals surface area contributed by atoms with Gasteiger partial charge in [-0.15, -0.1) is 0 Å². The van der Waals surface area contributed by atoms with Crippen LogP contribution in [0.1, 0.15) is 12.8 Å². The highest BCUT2D eigenvalue weighted by Gasteiger charge is 2.21. The molecule has 1 unspecified atom stereocenters. The first-order valence-corrected chi connectivity index (χ1v) is 3.02. The molecule has 0 aromatic carbocycles. The van der Waals surface area contributed by atoms with Crippen molar-refractivity contribution in [2.24, 2.45) is 5.73 Å². The number of hydrogen-bond donors (Lipinski definition) is 1. The smallest absolute Gasteiger partial charge is 0.217 e. The summed E-state index contributed by atoms with van der Waals surface area (Å²) in [5, 5.41) is 0. The molecule has 1 fully saturated rings. The minimum Gasteiger partial charge on any atom is -0.373 e. The highest BCUT2D eigenvalue weighted by atomic mass is 16.6. The van der Waals surface area contributed by atoms with Gasteiger partial charge in [0.1, 0.15) is 0 Å². The first-order valence-electron chi connectivity index (χ1n) is 3.02. The number of hydrogen-bond acceptors (Lipinski definition) is 2. The molecule has 1 radical (unpaired) electrons. The second-order valence-electron chi connectivity index (χ2n) is 2.11. The van der Waals surface area contributed by atoms with E-state index in [1.54, 1.807) is 0 Å². The summed E-state index contributed by atoms with van der Waals surface area (Å²) in [7, 11) is 0. The summed E-state index contributed by atoms with van der Waals surface area (Å²) in [4.78, 5) is 10.2. The third-order valence-corrected chi connectivity index (χ3v) is 1.18. The van der Waals surface area contributed by atoms with E-state index in [0.717, 1.165) is 13.0 Å². The minimum atomic E-state index is -0.244. The first-order chi connectivity index (χ1) is 4.29. The van der Waals surface area contributed by atoms with E-state index in [0.29, 0.717) is 12.5 Å². The maximum Gasteiger partial charge on any atom is 0.217 e. The normalized spacial score (nSPS) is 23.8. The Morgan fingerprint density at radius 2 is 2.56 bits per heavy atom. The molecule has 0 aromatic rings. The molecule has 3 nitrogen and oxygen atoms in total. The molecule has 1 atom stereocenters. The van der Waals surface area contributed by atoms with Gasteiger partial charge in [-0.1, -0.05) is 0 Å². The fourth-order valence-corrected chi connectivity index (χ4v) is 0.603. The number of nitrogens with two attached hydrogens (primary N) is 1. The average Bonchev–Trinajstić information content (AvgIpc) is 2.48. The molecule has 1 aliphatic rings. The minimum absolute atomic E-state index is 0.244. The van der Waals surface area contributed by atoms with Gasteiger partial charge in [-0.3, -0.25) is 4.79 Å². The lowest BCUT2D eigenvalue weighted by atomic mass is 10.2. The Hall–Kier alpha value is -0.570. The fourth-order valence-electron chi connectivity index (χ4n) is 0.603. The van der Waals surface area contributed by atoms with Gasteiger partial charge < -0.3 is 10.5 Å². The van der Waals surface area contributed by atoms with E-state index in [-0.39, 0.29) is 5.91 Å². The van der Waals surface area contributed by atoms with E-state index < -0.39 is 0 Å². The Labute approximate surface area is 54.2 Å². The Kier molecular flexibility index (Phi) is 2.05. The van der Waals surface area contributed by atoms with Crippen LogP contribution in [0.2, 0.25) is 0 Å². The molecule has 0 saturated carbocycles. The summed E-state index contributed by atoms with van der Waals surface area (Å²) in [6, 6.07) is 0. The van der Waals surface area contributed by atoms with Gasteiger partial charge in [0.2, 0.25) is 5.91 Å². The maximum absolute atomic E-state index is 10.2. The third-order valence-electron chi connectivity index (χ3n) is 1.18. The summed E-state index contributed by atoms with van der Waals surface area (Å²) in [6.45, 7) is 0.818. The van der Waals surface area contributed by atoms with E-state index in [2.05, 4.69) is 0 Å². The molecule has 1 heterocycles. The lowest BCUT2D eigenvalue weighted by molar-refractivity contribution is -0.118. The molecule has 2 N–H and O–H groups in total. The van der Waals surface area contributed by atoms with Crippen molar-refractivity contribution in [3.8, 4) is 0 Å². The van der Waals surface area contributed by atoms with E-state index >= 15 is 0 Å². The van der Waals surface area contributed by atoms with Crippen LogP contribution in [-0.4, -0.2) is 18.6 Å². The molecule has 1 aliphatic heterocycles. The number of primary amides is 1. The summed E-state index contributed by atoms with van der Waals surface area (Å²) in [5.41, 5.74) is 4.90. The summed E-state index contributed by atoms with van der Waals surface area (Å²) in [6.07, 6.45) is 3.48. The number of amides is 1. The first kappa shape index (κ1) is 6.55. The van der Waals surface area contributed by atoms with Crippen LogP contribution in [0.5, 0.6) is 0 Å². The lowest BCUT2D eigenvalue weighted by Gasteiger charge is -1.90. The van der Waals surface area contributed by atoms with Crippen molar-refractivity contribution >= 4 is 5.91 Å². The summed E-state index contributed by atoms with van der Waals surface area (Å²) in [5.74, 6) is -0.244. The molecule has 0 bridgehead atoms. The van der Waals surface area contributed by atoms with Crippen LogP contribution in [0.3, 0.4) is 0 Å². The Morgan fingerprint density at radius 3 is 3.00 bits per heavy atom. The van der Waals surface area contributed by atoms with Gasteiger partial charge in [-0.05, 0) is 12.8 Å². The molecule has 0 aliphatic carbocycles. The summed E-state index contributed by atoms with van der Waals surface area (Å²) >= 11 is 0. The quantitative estimate of drug-likeness (QED) is 0.535. The van der Waals surface area contributed by atoms with Crippen molar-refractivity contribution in [3.63, 3.8) is 0 Å². The molecular weight excluding hydrogens is 118 g/mol. The van der Waals surface area contributed by atoms with Crippen LogP contribution in [0, 0.1) is 6.42 Å². The molecule has 3 heteroatoms. The number of rotatable bonds is 4. The molecule has 0 aromatic heterocycles. The van der Waals surface area contributed by atoms with E-state index in [9.17, 15) is 4.79 Å². The topological polar surface area (TPSA) is 55.6 Å². The zero-order valence-electron chi connectivity index (χ0n) is 5.17. The molecule has 0 spiro atoms. The van der Waals surface area contributed by atoms with Gasteiger partial charge in [0.25, 0.3) is 0 Å². The molecule has 51 valence electrons. The third kappa shape index (κ3) is 3.08. The average molecular weight is 128 g/mol. The number of carbonyl (C=O) groups excluding carboxylic acids is 1. The van der Waals surface area contributed by atoms with Crippen LogP contribution >= 0.6 is 0 Å². The maximum atomic E-state index is 10.2. The van der Waals surface area contributed by atoms with Crippen molar-refractivity contribution in [3.05, 3.63) is 6.42 Å². The monoisotopic (exact) mass is 128 g/mol. The molecule has 1 saturated heterocycles. The van der Waals surface area contributed by atoms with Crippen LogP contribution in [-0.2, 0) is 9.53 Å². The van der Waals surface area contributed by atoms with E-state index in [1.165, 1.54) is 0 Å². The zero-order chi connectivity index (χ0) is 6.69. The van der Waals surface area contributed by atoms with E-state index in [1.807, 2.05) is 6.42 Å². The second-order valence-corrected chi connectivity index (χ2v) is 2.11. The van der Waals surface area contributed by atoms with Crippen molar-refractivity contribution in [1.29, 1.82) is 0 Å². The highest BCUT2D eigenvalue weighted by Crippen LogP contribution is 2.14. The Balaban J connectivity index is 1.86. The standard InChI is InChI=1S/C6H10NO2/c7-6(8)3-1-2-5-4-9-5/h2,5H,1,3-4H2,(H2,7,8). The van der Waals surface area contributed by atoms with Crippen LogP contribution in [0.15, 0.2) is 0 Å². The molecule has 9 heavy (non-hydrogen) atoms. The number of ether oxygens (including phenoxy) is 1. The van der Waals surface area contributed by atoms with Crippen LogP contribution in [0.25, 0.3) is 0 Å². The van der Waals surface area contributed by atoms with Crippen LogP contribution in [0.4, 0.5) is 0 Å². The SMILES string of the molecule is NC(=O)CC[CH]C1CO1. The van der Waals surface area contributed by atoms with Gasteiger partial charge >= 0.3 is 0 Å². The number of epoxide rings is 1. The van der Waals surface area contributed by atoms with Crippen molar-refractivity contribution < 1.29 is 9.53 Å². The van der Waals surface area contributed by atoms with Gasteiger partial charge in [0.15, 0.2) is 0 Å². The lowest BCUT2D eigenvalue weighted by Crippen LogP contribution is -2.10. The second kappa shape index (κ2) is 2.82. The Morgan fingerprint density at radius 1 is 1.89 bits per heavy atom. The van der Waals surface area contributed by atoms with Gasteiger partial charge in [-0.25, -0.2) is 0 Å². The summed E-state index contributed by atoms with van der Waals surface area (Å²) < 4.78 is 4.88. The Bertz CT molecular complexity index is 110. The van der Waals surface area contributed by atoms with Gasteiger partial charge in [-0.2, -0.15) is 0 Å². The fraction of sp³-hybridized carbons (Fsp3) is 0.667. The molecule has 1 amide bonds. The van der Waals surface area contributed by atoms with Crippen molar-refractivity contribution in [2.75, 3.05) is 6.61 Å². The van der Waals surface area contributed by atoms with Gasteiger partial charge in [0, 0.05) is 6.42 Å². The van der Waals surface area contributed by atoms with Crippen LogP contribution < -0.4 is 5.73 Å². The molecule has 1 rings (SSSR count). The zero-order valence-corrected chi connectivity index (χ0v) is 5.17. The largest absolute Gasteiger partial charge is 0.373 e. The predicted octanol–water partition coefficient (Wildman–Crippen LogP) is -0.145. The van der Waals surface area contributed by atoms with E-state index in [4.69, 9.17) is 10.5 Å². The van der Waals surface area contributed by atoms with Crippen molar-refractivity contribution in [1.82, 2.24) is 0 Å². The highest BCUT2D eigenvalue weighted by molar-refractivity contribution is 5.73. The van der Waals surface area contributed by atoms with Gasteiger partial charge in [0.05, 0.1) is 12.7 Å². The van der Waals surface area contributed by atoms with Crippen molar-refractivity contribution in [2.45, 2.75) is 18.9 Å². The number of carbonyl (C=O) groups is 1. The predicted molar refractivity (Wildman–Crippen MR) is 32.5 cm³/mol. The molecular formula is C6H10NO2.